The van der Waals surface area contributed by atoms with E-state index >= 15 is 0 Å². The van der Waals surface area contributed by atoms with Gasteiger partial charge in [-0.05, 0) is 55.7 Å². The lowest BCUT2D eigenvalue weighted by atomic mass is 10.0. The number of halogens is 2. The summed E-state index contributed by atoms with van der Waals surface area (Å²) < 4.78 is 12.9. The van der Waals surface area contributed by atoms with Crippen LogP contribution in [0.5, 0.6) is 0 Å². The second kappa shape index (κ2) is 6.87. The van der Waals surface area contributed by atoms with E-state index in [0.717, 1.165) is 17.0 Å². The molecule has 0 saturated heterocycles. The summed E-state index contributed by atoms with van der Waals surface area (Å²) in [5.74, 6) is -0.193. The molecule has 0 heterocycles. The Hall–Kier alpha value is -1.38. The van der Waals surface area contributed by atoms with E-state index in [0.29, 0.717) is 6.04 Å². The van der Waals surface area contributed by atoms with Crippen LogP contribution in [0, 0.1) is 5.82 Å². The molecule has 3 heteroatoms. The van der Waals surface area contributed by atoms with Crippen molar-refractivity contribution in [3.05, 3.63) is 70.5 Å². The van der Waals surface area contributed by atoms with Gasteiger partial charge in [0.2, 0.25) is 0 Å². The largest absolute Gasteiger partial charge is 0.307 e. The average Bonchev–Trinajstić information content (AvgIpc) is 2.41. The lowest BCUT2D eigenvalue weighted by Gasteiger charge is -2.20. The van der Waals surface area contributed by atoms with Gasteiger partial charge in [0, 0.05) is 17.1 Å². The average molecular weight is 292 g/mol. The molecule has 20 heavy (non-hydrogen) atoms. The third kappa shape index (κ3) is 4.32. The Morgan fingerprint density at radius 2 is 1.80 bits per heavy atom. The lowest BCUT2D eigenvalue weighted by Crippen LogP contribution is -2.30. The topological polar surface area (TPSA) is 12.0 Å². The van der Waals surface area contributed by atoms with Crippen LogP contribution < -0.4 is 5.32 Å². The fourth-order valence-corrected chi connectivity index (χ4v) is 2.53. The first-order valence-corrected chi connectivity index (χ1v) is 7.18. The summed E-state index contributed by atoms with van der Waals surface area (Å²) in [5, 5.41) is 4.29. The Labute approximate surface area is 124 Å². The van der Waals surface area contributed by atoms with Crippen molar-refractivity contribution in [2.75, 3.05) is 0 Å². The summed E-state index contributed by atoms with van der Waals surface area (Å²) in [5.41, 5.74) is 2.30. The van der Waals surface area contributed by atoms with Crippen LogP contribution in [0.1, 0.15) is 31.0 Å². The number of hydrogen-bond donors (Lipinski definition) is 1. The third-order valence-corrected chi connectivity index (χ3v) is 3.57. The molecule has 0 aliphatic rings. The molecule has 0 aromatic heterocycles. The molecule has 2 rings (SSSR count). The van der Waals surface area contributed by atoms with Crippen LogP contribution in [0.4, 0.5) is 4.39 Å². The van der Waals surface area contributed by atoms with Crippen LogP contribution in [0.25, 0.3) is 0 Å². The van der Waals surface area contributed by atoms with Crippen molar-refractivity contribution in [3.8, 4) is 0 Å². The molecule has 2 aromatic carbocycles. The molecule has 106 valence electrons. The van der Waals surface area contributed by atoms with Gasteiger partial charge in [-0.1, -0.05) is 35.9 Å². The Kier molecular flexibility index (Phi) is 5.16. The maximum atomic E-state index is 12.9. The van der Waals surface area contributed by atoms with E-state index in [1.165, 1.54) is 17.7 Å². The van der Waals surface area contributed by atoms with Crippen molar-refractivity contribution in [1.82, 2.24) is 5.32 Å². The van der Waals surface area contributed by atoms with Gasteiger partial charge < -0.3 is 5.32 Å². The number of hydrogen-bond acceptors (Lipinski definition) is 1. The van der Waals surface area contributed by atoms with E-state index in [9.17, 15) is 4.39 Å². The minimum Gasteiger partial charge on any atom is -0.307 e. The van der Waals surface area contributed by atoms with Crippen molar-refractivity contribution in [2.45, 2.75) is 32.4 Å². The predicted molar refractivity (Wildman–Crippen MR) is 82.6 cm³/mol. The number of benzene rings is 2. The van der Waals surface area contributed by atoms with Crippen molar-refractivity contribution in [1.29, 1.82) is 0 Å². The fourth-order valence-electron chi connectivity index (χ4n) is 2.33. The highest BCUT2D eigenvalue weighted by Gasteiger charge is 2.10. The van der Waals surface area contributed by atoms with E-state index < -0.39 is 0 Å². The molecule has 0 saturated carbocycles. The Bertz CT molecular complexity index is 553. The van der Waals surface area contributed by atoms with Gasteiger partial charge >= 0.3 is 0 Å². The molecule has 1 N–H and O–H groups in total. The summed E-state index contributed by atoms with van der Waals surface area (Å²) >= 11 is 6.01. The van der Waals surface area contributed by atoms with Crippen molar-refractivity contribution in [3.63, 3.8) is 0 Å². The van der Waals surface area contributed by atoms with Gasteiger partial charge in [0.25, 0.3) is 0 Å². The van der Waals surface area contributed by atoms with Crippen LogP contribution in [-0.4, -0.2) is 6.04 Å². The van der Waals surface area contributed by atoms with Crippen LogP contribution >= 0.6 is 11.6 Å². The normalized spacial score (nSPS) is 14.0. The minimum atomic E-state index is -0.193. The lowest BCUT2D eigenvalue weighted by molar-refractivity contribution is 0.477. The SMILES string of the molecule is CC(Cc1ccc(F)cc1)N[C@@H](C)c1cccc(Cl)c1. The monoisotopic (exact) mass is 291 g/mol. The number of nitrogens with one attached hydrogen (secondary N) is 1. The molecule has 1 unspecified atom stereocenters. The van der Waals surface area contributed by atoms with E-state index in [4.69, 9.17) is 11.6 Å². The second-order valence-corrected chi connectivity index (χ2v) is 5.61. The zero-order valence-corrected chi connectivity index (χ0v) is 12.5. The Morgan fingerprint density at radius 1 is 1.10 bits per heavy atom. The maximum absolute atomic E-state index is 12.9. The molecule has 0 fully saturated rings. The molecule has 0 radical (unpaired) electrons. The molecule has 2 aromatic rings. The Balaban J connectivity index is 1.93. The summed E-state index contributed by atoms with van der Waals surface area (Å²) in [6.07, 6.45) is 0.866. The predicted octanol–water partition coefficient (Wildman–Crippen LogP) is 4.76. The van der Waals surface area contributed by atoms with Crippen LogP contribution in [0.3, 0.4) is 0 Å². The molecule has 2 atom stereocenters. The van der Waals surface area contributed by atoms with Gasteiger partial charge in [-0.15, -0.1) is 0 Å². The molecule has 0 amide bonds. The van der Waals surface area contributed by atoms with Crippen LogP contribution in [0.15, 0.2) is 48.5 Å². The molecule has 0 spiro atoms. The van der Waals surface area contributed by atoms with Gasteiger partial charge in [-0.25, -0.2) is 4.39 Å². The maximum Gasteiger partial charge on any atom is 0.123 e. The van der Waals surface area contributed by atoms with Gasteiger partial charge in [-0.3, -0.25) is 0 Å². The van der Waals surface area contributed by atoms with Gasteiger partial charge in [-0.2, -0.15) is 0 Å². The van der Waals surface area contributed by atoms with Crippen LogP contribution in [-0.2, 0) is 6.42 Å². The molecule has 1 nitrogen and oxygen atoms in total. The van der Waals surface area contributed by atoms with E-state index in [1.54, 1.807) is 0 Å². The molecule has 0 aliphatic heterocycles. The highest BCUT2D eigenvalue weighted by Crippen LogP contribution is 2.18. The third-order valence-electron chi connectivity index (χ3n) is 3.34. The zero-order valence-electron chi connectivity index (χ0n) is 11.7. The second-order valence-electron chi connectivity index (χ2n) is 5.17. The summed E-state index contributed by atoms with van der Waals surface area (Å²) in [6, 6.07) is 15.1. The highest BCUT2D eigenvalue weighted by atomic mass is 35.5. The zero-order chi connectivity index (χ0) is 14.5. The van der Waals surface area contributed by atoms with E-state index in [1.807, 2.05) is 30.3 Å². The van der Waals surface area contributed by atoms with Gasteiger partial charge in [0.1, 0.15) is 5.82 Å². The summed E-state index contributed by atoms with van der Waals surface area (Å²) in [7, 11) is 0. The molecule has 0 aliphatic carbocycles. The quantitative estimate of drug-likeness (QED) is 0.837. The molecular formula is C17H19ClFN. The molecular weight excluding hydrogens is 273 g/mol. The van der Waals surface area contributed by atoms with E-state index in [2.05, 4.69) is 25.2 Å². The van der Waals surface area contributed by atoms with Crippen molar-refractivity contribution >= 4 is 11.6 Å². The van der Waals surface area contributed by atoms with E-state index in [-0.39, 0.29) is 11.9 Å². The Morgan fingerprint density at radius 3 is 2.45 bits per heavy atom. The van der Waals surface area contributed by atoms with Gasteiger partial charge in [0.05, 0.1) is 0 Å². The van der Waals surface area contributed by atoms with Crippen molar-refractivity contribution < 1.29 is 4.39 Å². The fraction of sp³-hybridized carbons (Fsp3) is 0.294. The number of rotatable bonds is 5. The summed E-state index contributed by atoms with van der Waals surface area (Å²) in [6.45, 7) is 4.25. The smallest absolute Gasteiger partial charge is 0.123 e. The molecule has 0 bridgehead atoms. The first-order chi connectivity index (χ1) is 9.54. The highest BCUT2D eigenvalue weighted by molar-refractivity contribution is 6.30. The van der Waals surface area contributed by atoms with Crippen LogP contribution in [0.2, 0.25) is 5.02 Å². The standard InChI is InChI=1S/C17H19ClFN/c1-12(10-14-6-8-17(19)9-7-14)20-13(2)15-4-3-5-16(18)11-15/h3-9,11-13,20H,10H2,1-2H3/t12?,13-/m0/s1. The summed E-state index contributed by atoms with van der Waals surface area (Å²) in [4.78, 5) is 0. The van der Waals surface area contributed by atoms with Gasteiger partial charge in [0.15, 0.2) is 0 Å². The minimum absolute atomic E-state index is 0.193. The van der Waals surface area contributed by atoms with Crippen molar-refractivity contribution in [2.24, 2.45) is 0 Å². The first-order valence-electron chi connectivity index (χ1n) is 6.80. The first kappa shape index (κ1) is 15.0.